The zero-order chi connectivity index (χ0) is 39.5. The molecule has 1 unspecified atom stereocenters. The smallest absolute Gasteiger partial charge is 0.254 e. The van der Waals surface area contributed by atoms with Gasteiger partial charge in [-0.15, -0.1) is 0 Å². The lowest BCUT2D eigenvalue weighted by Gasteiger charge is -2.38. The number of dihydropyridines is 1. The van der Waals surface area contributed by atoms with E-state index in [1.165, 1.54) is 6.08 Å². The Morgan fingerprint density at radius 3 is 2.49 bits per heavy atom. The minimum Gasteiger partial charge on any atom is -0.381 e. The molecule has 3 aliphatic rings. The second-order valence-electron chi connectivity index (χ2n) is 14.8. The topological polar surface area (TPSA) is 149 Å². The number of hydrogen-bond donors (Lipinski definition) is 2. The molecule has 5 rings (SSSR count). The Hall–Kier alpha value is -5.01. The van der Waals surface area contributed by atoms with E-state index >= 15 is 0 Å². The molecule has 4 heterocycles. The van der Waals surface area contributed by atoms with Crippen molar-refractivity contribution in [3.05, 3.63) is 65.9 Å². The molecule has 0 spiro atoms. The molecule has 0 radical (unpaired) electrons. The van der Waals surface area contributed by atoms with Gasteiger partial charge in [-0.3, -0.25) is 19.2 Å². The van der Waals surface area contributed by atoms with E-state index in [0.29, 0.717) is 61.5 Å². The van der Waals surface area contributed by atoms with Crippen molar-refractivity contribution in [1.82, 2.24) is 20.6 Å². The quantitative estimate of drug-likeness (QED) is 0.141. The number of pyridine rings is 1. The maximum Gasteiger partial charge on any atom is 0.254 e. The number of piperazine rings is 1. The molecule has 1 aromatic heterocycles. The summed E-state index contributed by atoms with van der Waals surface area (Å²) in [6, 6.07) is 7.79. The minimum absolute atomic E-state index is 0.0258. The van der Waals surface area contributed by atoms with Crippen LogP contribution >= 0.6 is 0 Å². The highest BCUT2D eigenvalue weighted by Crippen LogP contribution is 2.36. The first-order valence-corrected chi connectivity index (χ1v) is 19.4. The number of nitrogens with one attached hydrogen (secondary N) is 2. The molecule has 0 saturated carbocycles. The number of allylic oxidation sites excluding steroid dienone is 2. The number of carbonyl (C=O) groups excluding carboxylic acids is 4. The number of benzene rings is 1. The van der Waals surface area contributed by atoms with Crippen molar-refractivity contribution in [1.29, 1.82) is 0 Å². The van der Waals surface area contributed by atoms with Crippen LogP contribution in [0.1, 0.15) is 75.7 Å². The van der Waals surface area contributed by atoms with Crippen LogP contribution in [0.4, 0.5) is 11.5 Å². The SMILES string of the molecule is C=CC(=O)Cc1c(C(=O)NCC2C(=O)N=C(C)C=C2CCC)cc(-c2ccc(N3CCN(C)CC3)nc2)cc1N(CCC(=O)NN=C(C)C)C1CCOCC1. The van der Waals surface area contributed by atoms with Crippen molar-refractivity contribution in [2.24, 2.45) is 16.0 Å². The van der Waals surface area contributed by atoms with Crippen LogP contribution in [0.15, 0.2) is 64.9 Å². The predicted molar refractivity (Wildman–Crippen MR) is 218 cm³/mol. The number of amides is 3. The monoisotopic (exact) mass is 752 g/mol. The number of likely N-dealkylation sites (N-methyl/N-ethyl adjacent to an activating group) is 1. The van der Waals surface area contributed by atoms with Crippen LogP contribution < -0.4 is 20.5 Å². The average Bonchev–Trinajstić information content (AvgIpc) is 3.18. The number of hydrazone groups is 1. The van der Waals surface area contributed by atoms with Gasteiger partial charge in [-0.25, -0.2) is 15.4 Å². The molecule has 3 aliphatic heterocycles. The van der Waals surface area contributed by atoms with Gasteiger partial charge in [0.1, 0.15) is 5.82 Å². The Labute approximate surface area is 325 Å². The van der Waals surface area contributed by atoms with Gasteiger partial charge in [-0.05, 0) is 94.6 Å². The molecule has 2 fully saturated rings. The summed E-state index contributed by atoms with van der Waals surface area (Å²) in [7, 11) is 2.12. The third kappa shape index (κ3) is 11.0. The molecular weight excluding hydrogens is 697 g/mol. The maximum absolute atomic E-state index is 14.5. The van der Waals surface area contributed by atoms with E-state index in [4.69, 9.17) is 9.72 Å². The second-order valence-corrected chi connectivity index (χ2v) is 14.8. The molecule has 0 bridgehead atoms. The van der Waals surface area contributed by atoms with Gasteiger partial charge < -0.3 is 24.8 Å². The third-order valence-corrected chi connectivity index (χ3v) is 10.3. The Bertz CT molecular complexity index is 1820. The summed E-state index contributed by atoms with van der Waals surface area (Å²) in [6.07, 6.45) is 8.03. The van der Waals surface area contributed by atoms with E-state index in [1.54, 1.807) is 26.8 Å². The number of aliphatic imine (C=N–C) groups is 1. The molecule has 1 atom stereocenters. The lowest BCUT2D eigenvalue weighted by molar-refractivity contribution is -0.121. The summed E-state index contributed by atoms with van der Waals surface area (Å²) >= 11 is 0. The Kier molecular flexibility index (Phi) is 14.6. The first-order valence-electron chi connectivity index (χ1n) is 19.4. The van der Waals surface area contributed by atoms with Gasteiger partial charge in [-0.2, -0.15) is 5.10 Å². The number of hydrogen-bond acceptors (Lipinski definition) is 10. The summed E-state index contributed by atoms with van der Waals surface area (Å²) in [5, 5.41) is 7.14. The Morgan fingerprint density at radius 1 is 1.09 bits per heavy atom. The van der Waals surface area contributed by atoms with Crippen LogP contribution in [0.25, 0.3) is 11.1 Å². The summed E-state index contributed by atoms with van der Waals surface area (Å²) in [5.41, 5.74) is 7.99. The van der Waals surface area contributed by atoms with Crippen molar-refractivity contribution in [2.45, 2.75) is 72.3 Å². The molecular formula is C42H56N8O5. The lowest BCUT2D eigenvalue weighted by Crippen LogP contribution is -2.44. The second kappa shape index (κ2) is 19.5. The number of ketones is 1. The summed E-state index contributed by atoms with van der Waals surface area (Å²) in [4.78, 5) is 69.6. The zero-order valence-electron chi connectivity index (χ0n) is 33.0. The van der Waals surface area contributed by atoms with Crippen molar-refractivity contribution in [3.8, 4) is 11.1 Å². The van der Waals surface area contributed by atoms with Gasteiger partial charge in [0.2, 0.25) is 5.91 Å². The van der Waals surface area contributed by atoms with Crippen LogP contribution in [0.2, 0.25) is 0 Å². The molecule has 294 valence electrons. The molecule has 55 heavy (non-hydrogen) atoms. The van der Waals surface area contributed by atoms with E-state index in [-0.39, 0.29) is 43.0 Å². The number of rotatable bonds is 16. The van der Waals surface area contributed by atoms with Crippen LogP contribution in [0, 0.1) is 5.92 Å². The molecule has 0 aliphatic carbocycles. The minimum atomic E-state index is -0.577. The largest absolute Gasteiger partial charge is 0.381 e. The molecule has 2 saturated heterocycles. The number of carbonyl (C=O) groups is 4. The van der Waals surface area contributed by atoms with Crippen LogP contribution in [-0.4, -0.2) is 110 Å². The van der Waals surface area contributed by atoms with E-state index in [9.17, 15) is 19.2 Å². The van der Waals surface area contributed by atoms with Crippen LogP contribution in [0.5, 0.6) is 0 Å². The molecule has 1 aromatic carbocycles. The molecule has 2 N–H and O–H groups in total. The standard InChI is InChI=1S/C42H56N8O5/c1-7-9-30-22-29(5)45-42(54)37(30)27-44-41(53)36-23-32(31-10-11-39(43-26-31)49-18-16-48(6)17-19-49)24-38(35(36)25-34(51)8-2)50(33-13-20-55-21-14-33)15-12-40(52)47-46-28(3)4/h8,10-11,22-24,26,33,37H,2,7,9,12-21,25,27H2,1,3-6H3,(H,44,53)(H,47,52). The first kappa shape index (κ1) is 41.2. The Balaban J connectivity index is 1.59. The van der Waals surface area contributed by atoms with Crippen molar-refractivity contribution >= 4 is 46.4 Å². The van der Waals surface area contributed by atoms with Gasteiger partial charge in [0.15, 0.2) is 5.78 Å². The van der Waals surface area contributed by atoms with E-state index in [2.05, 4.69) is 56.1 Å². The van der Waals surface area contributed by atoms with Gasteiger partial charge in [0, 0.05) is 106 Å². The zero-order valence-corrected chi connectivity index (χ0v) is 33.0. The fourth-order valence-corrected chi connectivity index (χ4v) is 7.30. The summed E-state index contributed by atoms with van der Waals surface area (Å²) < 4.78 is 5.73. The highest BCUT2D eigenvalue weighted by Gasteiger charge is 2.30. The predicted octanol–water partition coefficient (Wildman–Crippen LogP) is 4.76. The maximum atomic E-state index is 14.5. The number of anilines is 2. The van der Waals surface area contributed by atoms with Crippen molar-refractivity contribution in [2.75, 3.05) is 69.3 Å². The highest BCUT2D eigenvalue weighted by atomic mass is 16.5. The number of ether oxygens (including phenoxy) is 1. The summed E-state index contributed by atoms with van der Waals surface area (Å²) in [6.45, 7) is 16.3. The number of aromatic nitrogens is 1. The highest BCUT2D eigenvalue weighted by molar-refractivity contribution is 6.06. The normalized spacial score (nSPS) is 17.9. The third-order valence-electron chi connectivity index (χ3n) is 10.3. The Morgan fingerprint density at radius 2 is 1.84 bits per heavy atom. The van der Waals surface area contributed by atoms with Gasteiger partial charge in [0.25, 0.3) is 11.8 Å². The average molecular weight is 753 g/mol. The van der Waals surface area contributed by atoms with Crippen molar-refractivity contribution < 1.29 is 23.9 Å². The lowest BCUT2D eigenvalue weighted by atomic mass is 9.90. The number of nitrogens with zero attached hydrogens (tertiary/aromatic N) is 6. The van der Waals surface area contributed by atoms with Gasteiger partial charge >= 0.3 is 0 Å². The molecule has 2 aromatic rings. The van der Waals surface area contributed by atoms with Gasteiger partial charge in [0.05, 0.1) is 5.92 Å². The van der Waals surface area contributed by atoms with E-state index in [0.717, 1.165) is 60.8 Å². The van der Waals surface area contributed by atoms with Crippen LogP contribution in [-0.2, 0) is 25.5 Å². The van der Waals surface area contributed by atoms with Gasteiger partial charge in [-0.1, -0.05) is 25.5 Å². The molecule has 3 amide bonds. The molecule has 13 nitrogen and oxygen atoms in total. The van der Waals surface area contributed by atoms with Crippen LogP contribution in [0.3, 0.4) is 0 Å². The van der Waals surface area contributed by atoms with Crippen molar-refractivity contribution in [3.63, 3.8) is 0 Å². The fourth-order valence-electron chi connectivity index (χ4n) is 7.30. The fraction of sp³-hybridized carbons (Fsp3) is 0.500. The summed E-state index contributed by atoms with van der Waals surface area (Å²) in [5.74, 6) is -0.881. The first-order chi connectivity index (χ1) is 26.5. The molecule has 13 heteroatoms. The van der Waals surface area contributed by atoms with E-state index < -0.39 is 11.8 Å². The van der Waals surface area contributed by atoms with E-state index in [1.807, 2.05) is 30.5 Å².